The molecule has 2 heterocycles. The molecule has 1 aromatic carbocycles. The van der Waals surface area contributed by atoms with Crippen molar-refractivity contribution in [2.75, 3.05) is 32.2 Å². The van der Waals surface area contributed by atoms with Crippen LogP contribution in [0.3, 0.4) is 0 Å². The molecule has 224 valence electrons. The van der Waals surface area contributed by atoms with E-state index in [0.717, 1.165) is 42.9 Å². The van der Waals surface area contributed by atoms with Gasteiger partial charge in [0.1, 0.15) is 0 Å². The number of carbonyl (C=O) groups excluding carboxylic acids is 1. The van der Waals surface area contributed by atoms with Gasteiger partial charge in [-0.15, -0.1) is 0 Å². The van der Waals surface area contributed by atoms with E-state index in [0.29, 0.717) is 18.1 Å². The number of fused-ring (bicyclic) bond motifs is 1. The fourth-order valence-electron chi connectivity index (χ4n) is 5.68. The summed E-state index contributed by atoms with van der Waals surface area (Å²) >= 11 is 0. The molecule has 0 radical (unpaired) electrons. The minimum absolute atomic E-state index is 0.243. The number of nitrogens with zero attached hydrogens (tertiary/aromatic N) is 1. The lowest BCUT2D eigenvalue weighted by atomic mass is 9.74. The van der Waals surface area contributed by atoms with Crippen LogP contribution in [0.4, 0.5) is 0 Å². The van der Waals surface area contributed by atoms with Gasteiger partial charge in [-0.25, -0.2) is 14.8 Å². The summed E-state index contributed by atoms with van der Waals surface area (Å²) in [5.41, 5.74) is 3.19. The number of ether oxygens (including phenoxy) is 2. The summed E-state index contributed by atoms with van der Waals surface area (Å²) in [6.07, 6.45) is 11.7. The predicted octanol–water partition coefficient (Wildman–Crippen LogP) is 7.00. The van der Waals surface area contributed by atoms with Crippen molar-refractivity contribution < 1.29 is 23.6 Å². The Morgan fingerprint density at radius 1 is 1.07 bits per heavy atom. The van der Waals surface area contributed by atoms with Crippen LogP contribution in [0.1, 0.15) is 109 Å². The Morgan fingerprint density at radius 3 is 2.27 bits per heavy atom. The number of aryl methyl sites for hydroxylation is 1. The maximum Gasteiger partial charge on any atom is 0.512 e. The number of carbonyl (C=O) groups is 1. The number of esters is 1. The van der Waals surface area contributed by atoms with Crippen LogP contribution < -0.4 is 5.59 Å². The van der Waals surface area contributed by atoms with Gasteiger partial charge in [-0.05, 0) is 87.8 Å². The highest BCUT2D eigenvalue weighted by molar-refractivity contribution is 8.33. The van der Waals surface area contributed by atoms with Gasteiger partial charge in [-0.1, -0.05) is 46.1 Å². The Labute approximate surface area is 244 Å². The Balaban J connectivity index is 1.75. The molecule has 2 aromatic rings. The number of rotatable bonds is 9. The van der Waals surface area contributed by atoms with E-state index < -0.39 is 28.3 Å². The molecular weight excluding hydrogens is 521 g/mol. The van der Waals surface area contributed by atoms with Gasteiger partial charge in [-0.3, -0.25) is 0 Å². The minimum Gasteiger partial charge on any atom is -0.465 e. The Kier molecular flexibility index (Phi) is 9.17. The third kappa shape index (κ3) is 6.16. The molecule has 40 heavy (non-hydrogen) atoms. The van der Waals surface area contributed by atoms with E-state index >= 15 is 0 Å². The molecule has 1 aromatic heterocycles. The van der Waals surface area contributed by atoms with Crippen molar-refractivity contribution in [1.82, 2.24) is 4.57 Å². The number of aromatic nitrogens is 1. The molecule has 0 amide bonds. The van der Waals surface area contributed by atoms with Crippen molar-refractivity contribution in [3.05, 3.63) is 29.3 Å². The van der Waals surface area contributed by atoms with Crippen LogP contribution in [0.2, 0.25) is 0 Å². The minimum atomic E-state index is -0.874. The average molecular weight is 574 g/mol. The molecule has 2 aliphatic rings. The van der Waals surface area contributed by atoms with Gasteiger partial charge >= 0.3 is 13.1 Å². The summed E-state index contributed by atoms with van der Waals surface area (Å²) in [6, 6.07) is 6.01. The van der Waals surface area contributed by atoms with Crippen LogP contribution in [0.25, 0.3) is 10.9 Å². The molecular formula is C32H52BNO5S. The van der Waals surface area contributed by atoms with Crippen molar-refractivity contribution in [2.45, 2.75) is 115 Å². The van der Waals surface area contributed by atoms with Gasteiger partial charge in [0.25, 0.3) is 0 Å². The highest BCUT2D eigenvalue weighted by atomic mass is 32.3. The van der Waals surface area contributed by atoms with Crippen LogP contribution >= 0.6 is 10.0 Å². The van der Waals surface area contributed by atoms with Gasteiger partial charge in [0.2, 0.25) is 0 Å². The fourth-order valence-corrected chi connectivity index (χ4v) is 6.57. The van der Waals surface area contributed by atoms with E-state index in [1.54, 1.807) is 0 Å². The monoisotopic (exact) mass is 573 g/mol. The average Bonchev–Trinajstić information content (AvgIpc) is 3.31. The molecule has 6 nitrogen and oxygen atoms in total. The molecule has 1 aliphatic heterocycles. The van der Waals surface area contributed by atoms with Crippen molar-refractivity contribution in [2.24, 2.45) is 0 Å². The number of methoxy groups -OCH3 is 1. The highest BCUT2D eigenvalue weighted by Gasteiger charge is 2.54. The van der Waals surface area contributed by atoms with E-state index in [1.807, 2.05) is 12.1 Å². The summed E-state index contributed by atoms with van der Waals surface area (Å²) in [7, 11) is 0.0929. The molecule has 0 atom stereocenters. The lowest BCUT2D eigenvalue weighted by Gasteiger charge is -2.44. The highest BCUT2D eigenvalue weighted by Crippen LogP contribution is 2.52. The smallest absolute Gasteiger partial charge is 0.465 e. The molecule has 8 heteroatoms. The molecule has 0 spiro atoms. The number of benzene rings is 1. The first kappa shape index (κ1) is 31.5. The maximum atomic E-state index is 12.6. The maximum absolute atomic E-state index is 12.6. The van der Waals surface area contributed by atoms with Crippen LogP contribution in [0, 0.1) is 0 Å². The second kappa shape index (κ2) is 11.7. The van der Waals surface area contributed by atoms with Gasteiger partial charge in [0.05, 0.1) is 35.4 Å². The molecule has 0 N–H and O–H groups in total. The third-order valence-corrected chi connectivity index (χ3v) is 13.8. The van der Waals surface area contributed by atoms with Crippen LogP contribution in [0.5, 0.6) is 0 Å². The van der Waals surface area contributed by atoms with E-state index in [9.17, 15) is 4.79 Å². The Hall–Kier alpha value is -1.48. The Bertz CT molecular complexity index is 1190. The first-order chi connectivity index (χ1) is 18.6. The Morgan fingerprint density at radius 2 is 1.70 bits per heavy atom. The van der Waals surface area contributed by atoms with E-state index in [-0.39, 0.29) is 10.7 Å². The number of hydrogen-bond acceptors (Lipinski definition) is 5. The van der Waals surface area contributed by atoms with Crippen molar-refractivity contribution in [3.8, 4) is 0 Å². The summed E-state index contributed by atoms with van der Waals surface area (Å²) in [5, 5.41) is 1.20. The van der Waals surface area contributed by atoms with Crippen molar-refractivity contribution >= 4 is 39.6 Å². The molecule has 0 bridgehead atoms. The number of hydrogen-bond donors (Lipinski definition) is 0. The standard InChI is InChI=1S/C32H52BNO5S/c1-30(2,3)40(9,10)22-37-20-14-19-34-26-21-24(29(35)36-8)17-18-25(26)27(23-15-12-11-13-16-23)28(34)33-38-31(4,5)32(6,7)39-33/h17-18,21,23H,11-16,19-20,22H2,1-10H3. The SMILES string of the molecule is COC(=O)c1ccc2c(C3CCCCC3)c(B3OC(C)(C)C(C)(C)O3)n(CCCOCS(C)(C)C(C)(C)C)c2c1. The van der Waals surface area contributed by atoms with Gasteiger partial charge in [0.15, 0.2) is 0 Å². The third-order valence-electron chi connectivity index (χ3n) is 9.76. The lowest BCUT2D eigenvalue weighted by molar-refractivity contribution is 0.00578. The summed E-state index contributed by atoms with van der Waals surface area (Å²) in [6.45, 7) is 16.8. The molecule has 1 aliphatic carbocycles. The zero-order valence-corrected chi connectivity index (χ0v) is 27.5. The zero-order valence-electron chi connectivity index (χ0n) is 26.6. The summed E-state index contributed by atoms with van der Waals surface area (Å²) in [5.74, 6) is 0.928. The molecule has 1 saturated heterocycles. The van der Waals surface area contributed by atoms with Gasteiger partial charge in [-0.2, -0.15) is 0 Å². The second-order valence-electron chi connectivity index (χ2n) is 14.1. The van der Waals surface area contributed by atoms with Crippen molar-refractivity contribution in [1.29, 1.82) is 0 Å². The first-order valence-electron chi connectivity index (χ1n) is 15.0. The predicted molar refractivity (Wildman–Crippen MR) is 169 cm³/mol. The second-order valence-corrected chi connectivity index (χ2v) is 18.7. The van der Waals surface area contributed by atoms with E-state index in [4.69, 9.17) is 18.8 Å². The molecule has 0 unspecified atom stereocenters. The normalized spacial score (nSPS) is 20.3. The largest absolute Gasteiger partial charge is 0.512 e. The van der Waals surface area contributed by atoms with Crippen LogP contribution in [-0.4, -0.2) is 65.8 Å². The fraction of sp³-hybridized carbons (Fsp3) is 0.719. The molecule has 4 rings (SSSR count). The zero-order chi connectivity index (χ0) is 29.5. The van der Waals surface area contributed by atoms with E-state index in [2.05, 4.69) is 71.6 Å². The first-order valence-corrected chi connectivity index (χ1v) is 17.6. The quantitative estimate of drug-likeness (QED) is 0.184. The van der Waals surface area contributed by atoms with E-state index in [1.165, 1.54) is 37.3 Å². The topological polar surface area (TPSA) is 58.9 Å². The van der Waals surface area contributed by atoms with Gasteiger partial charge in [0, 0.05) is 24.1 Å². The summed E-state index contributed by atoms with van der Waals surface area (Å²) in [4.78, 5) is 12.6. The molecule has 1 saturated carbocycles. The van der Waals surface area contributed by atoms with Crippen molar-refractivity contribution in [3.63, 3.8) is 0 Å². The molecule has 2 fully saturated rings. The van der Waals surface area contributed by atoms with Crippen LogP contribution in [-0.2, 0) is 25.3 Å². The lowest BCUT2D eigenvalue weighted by Crippen LogP contribution is -2.42. The summed E-state index contributed by atoms with van der Waals surface area (Å²) < 4.78 is 27.4. The van der Waals surface area contributed by atoms with Crippen LogP contribution in [0.15, 0.2) is 18.2 Å². The van der Waals surface area contributed by atoms with Gasteiger partial charge < -0.3 is 23.3 Å².